The van der Waals surface area contributed by atoms with Crippen LogP contribution in [0.25, 0.3) is 0 Å². The van der Waals surface area contributed by atoms with Crippen molar-refractivity contribution in [1.29, 1.82) is 0 Å². The summed E-state index contributed by atoms with van der Waals surface area (Å²) in [6, 6.07) is 8.37. The van der Waals surface area contributed by atoms with Gasteiger partial charge in [-0.2, -0.15) is 0 Å². The van der Waals surface area contributed by atoms with Crippen molar-refractivity contribution >= 4 is 17.5 Å². The summed E-state index contributed by atoms with van der Waals surface area (Å²) in [6.45, 7) is 2.08. The number of benzene rings is 1. The smallest absolute Gasteiger partial charge is 0.146 e. The van der Waals surface area contributed by atoms with Crippen LogP contribution < -0.4 is 0 Å². The lowest BCUT2D eigenvalue weighted by Gasteiger charge is -2.23. The third-order valence-electron chi connectivity index (χ3n) is 2.96. The van der Waals surface area contributed by atoms with E-state index in [1.165, 1.54) is 16.9 Å². The Bertz CT molecular complexity index is 338. The summed E-state index contributed by atoms with van der Waals surface area (Å²) in [5.74, 6) is 1.46. The van der Waals surface area contributed by atoms with E-state index in [-0.39, 0.29) is 0 Å². The molecule has 1 aromatic carbocycles. The molecule has 0 saturated heterocycles. The van der Waals surface area contributed by atoms with Gasteiger partial charge in [0, 0.05) is 10.8 Å². The number of aryl methyl sites for hydroxylation is 1. The van der Waals surface area contributed by atoms with Crippen LogP contribution in [0.3, 0.4) is 0 Å². The van der Waals surface area contributed by atoms with Gasteiger partial charge in [-0.25, -0.2) is 0 Å². The van der Waals surface area contributed by atoms with E-state index < -0.39 is 0 Å². The lowest BCUT2D eigenvalue weighted by atomic mass is 9.83. The first-order chi connectivity index (χ1) is 7.25. The molecule has 1 aromatic rings. The third kappa shape index (κ3) is 2.85. The van der Waals surface area contributed by atoms with Crippen LogP contribution in [0.1, 0.15) is 24.8 Å². The highest BCUT2D eigenvalue weighted by Gasteiger charge is 2.24. The molecule has 1 aliphatic carbocycles. The Kier molecular flexibility index (Phi) is 3.47. The predicted molar refractivity (Wildman–Crippen MR) is 64.3 cm³/mol. The van der Waals surface area contributed by atoms with Gasteiger partial charge in [-0.05, 0) is 31.9 Å². The molecule has 15 heavy (non-hydrogen) atoms. The summed E-state index contributed by atoms with van der Waals surface area (Å²) < 4.78 is 0. The van der Waals surface area contributed by atoms with E-state index >= 15 is 0 Å². The number of rotatable bonds is 4. The number of ketones is 1. The fraction of sp³-hybridized carbons (Fsp3) is 0.462. The molecule has 0 radical (unpaired) electrons. The van der Waals surface area contributed by atoms with Crippen LogP contribution in [0.4, 0.5) is 0 Å². The van der Waals surface area contributed by atoms with Crippen molar-refractivity contribution in [3.8, 4) is 0 Å². The average Bonchev–Trinajstić information content (AvgIpc) is 2.14. The molecule has 1 saturated carbocycles. The van der Waals surface area contributed by atoms with Crippen molar-refractivity contribution in [2.24, 2.45) is 5.92 Å². The van der Waals surface area contributed by atoms with Crippen LogP contribution in [0.15, 0.2) is 29.2 Å². The first kappa shape index (κ1) is 10.7. The molecule has 0 aromatic heterocycles. The van der Waals surface area contributed by atoms with Gasteiger partial charge in [0.15, 0.2) is 0 Å². The molecule has 0 unspecified atom stereocenters. The van der Waals surface area contributed by atoms with Crippen LogP contribution in [-0.4, -0.2) is 11.5 Å². The maximum Gasteiger partial charge on any atom is 0.146 e. The maximum atomic E-state index is 11.6. The zero-order valence-electron chi connectivity index (χ0n) is 9.03. The van der Waals surface area contributed by atoms with Crippen molar-refractivity contribution in [3.05, 3.63) is 29.8 Å². The molecule has 80 valence electrons. The van der Waals surface area contributed by atoms with Crippen molar-refractivity contribution < 1.29 is 4.79 Å². The van der Waals surface area contributed by atoms with Gasteiger partial charge in [0.25, 0.3) is 0 Å². The predicted octanol–water partition coefficient (Wildman–Crippen LogP) is 3.46. The molecular weight excluding hydrogens is 204 g/mol. The molecular formula is C13H16OS. The summed E-state index contributed by atoms with van der Waals surface area (Å²) in [5.41, 5.74) is 1.27. The van der Waals surface area contributed by atoms with Crippen molar-refractivity contribution in [2.45, 2.75) is 31.1 Å². The molecule has 2 rings (SSSR count). The minimum Gasteiger partial charge on any atom is -0.298 e. The minimum atomic E-state index is 0.378. The zero-order chi connectivity index (χ0) is 10.7. The molecule has 0 N–H and O–H groups in total. The topological polar surface area (TPSA) is 17.1 Å². The minimum absolute atomic E-state index is 0.378. The van der Waals surface area contributed by atoms with Gasteiger partial charge < -0.3 is 0 Å². The van der Waals surface area contributed by atoms with Crippen molar-refractivity contribution in [1.82, 2.24) is 0 Å². The van der Waals surface area contributed by atoms with Crippen molar-refractivity contribution in [3.63, 3.8) is 0 Å². The van der Waals surface area contributed by atoms with Gasteiger partial charge in [-0.1, -0.05) is 24.1 Å². The Morgan fingerprint density at radius 1 is 1.33 bits per heavy atom. The number of carbonyl (C=O) groups is 1. The molecule has 1 aliphatic rings. The molecule has 0 bridgehead atoms. The molecule has 0 spiro atoms. The summed E-state index contributed by atoms with van der Waals surface area (Å²) in [4.78, 5) is 12.8. The highest BCUT2D eigenvalue weighted by atomic mass is 32.2. The number of hydrogen-bond acceptors (Lipinski definition) is 2. The van der Waals surface area contributed by atoms with Gasteiger partial charge in [-0.15, -0.1) is 11.8 Å². The largest absolute Gasteiger partial charge is 0.298 e. The number of thioether (sulfide) groups is 1. The molecule has 2 heteroatoms. The van der Waals surface area contributed by atoms with Crippen molar-refractivity contribution in [2.75, 3.05) is 5.75 Å². The second-order valence-electron chi connectivity index (χ2n) is 4.20. The highest BCUT2D eigenvalue weighted by Crippen LogP contribution is 2.29. The normalized spacial score (nSPS) is 16.1. The highest BCUT2D eigenvalue weighted by molar-refractivity contribution is 8.00. The van der Waals surface area contributed by atoms with Gasteiger partial charge >= 0.3 is 0 Å². The molecule has 0 aliphatic heterocycles. The third-order valence-corrected chi connectivity index (χ3v) is 4.00. The maximum absolute atomic E-state index is 11.6. The SMILES string of the molecule is Cc1ccc(SCC(=O)C2CCC2)cc1. The Morgan fingerprint density at radius 2 is 2.00 bits per heavy atom. The van der Waals surface area contributed by atoms with Gasteiger partial charge in [0.05, 0.1) is 5.75 Å². The Morgan fingerprint density at radius 3 is 2.53 bits per heavy atom. The first-order valence-electron chi connectivity index (χ1n) is 5.48. The lowest BCUT2D eigenvalue weighted by molar-refractivity contribution is -0.122. The van der Waals surface area contributed by atoms with Crippen LogP contribution in [-0.2, 0) is 4.79 Å². The van der Waals surface area contributed by atoms with Gasteiger partial charge in [-0.3, -0.25) is 4.79 Å². The van der Waals surface area contributed by atoms with Crippen LogP contribution in [0, 0.1) is 12.8 Å². The molecule has 1 fully saturated rings. The summed E-state index contributed by atoms with van der Waals surface area (Å²) in [7, 11) is 0. The zero-order valence-corrected chi connectivity index (χ0v) is 9.85. The molecule has 1 nitrogen and oxygen atoms in total. The summed E-state index contributed by atoms with van der Waals surface area (Å²) in [5, 5.41) is 0. The lowest BCUT2D eigenvalue weighted by Crippen LogP contribution is -2.23. The van der Waals surface area contributed by atoms with Crippen LogP contribution in [0.2, 0.25) is 0 Å². The van der Waals surface area contributed by atoms with E-state index in [0.29, 0.717) is 17.5 Å². The second-order valence-corrected chi connectivity index (χ2v) is 5.24. The standard InChI is InChI=1S/C13H16OS/c1-10-5-7-12(8-6-10)15-9-13(14)11-3-2-4-11/h5-8,11H,2-4,9H2,1H3. The molecule has 0 amide bonds. The molecule has 0 heterocycles. The Balaban J connectivity index is 1.82. The van der Waals surface area contributed by atoms with E-state index in [0.717, 1.165) is 12.8 Å². The Labute approximate surface area is 95.3 Å². The Hall–Kier alpha value is -0.760. The van der Waals surface area contributed by atoms with E-state index in [9.17, 15) is 4.79 Å². The monoisotopic (exact) mass is 220 g/mol. The summed E-state index contributed by atoms with van der Waals surface area (Å²) in [6.07, 6.45) is 3.48. The van der Waals surface area contributed by atoms with Gasteiger partial charge in [0.2, 0.25) is 0 Å². The van der Waals surface area contributed by atoms with E-state index in [1.54, 1.807) is 11.8 Å². The van der Waals surface area contributed by atoms with Crippen LogP contribution >= 0.6 is 11.8 Å². The van der Waals surface area contributed by atoms with Crippen LogP contribution in [0.5, 0.6) is 0 Å². The quantitative estimate of drug-likeness (QED) is 0.723. The van der Waals surface area contributed by atoms with E-state index in [2.05, 4.69) is 31.2 Å². The van der Waals surface area contributed by atoms with E-state index in [1.807, 2.05) is 0 Å². The number of carbonyl (C=O) groups excluding carboxylic acids is 1. The van der Waals surface area contributed by atoms with Gasteiger partial charge in [0.1, 0.15) is 5.78 Å². The molecule has 0 atom stereocenters. The fourth-order valence-corrected chi connectivity index (χ4v) is 2.51. The summed E-state index contributed by atoms with van der Waals surface area (Å²) >= 11 is 1.67. The average molecular weight is 220 g/mol. The number of hydrogen-bond donors (Lipinski definition) is 0. The van der Waals surface area contributed by atoms with E-state index in [4.69, 9.17) is 0 Å². The first-order valence-corrected chi connectivity index (χ1v) is 6.46. The fourth-order valence-electron chi connectivity index (χ4n) is 1.64. The second kappa shape index (κ2) is 4.84. The number of Topliss-reactive ketones (excluding diaryl/α,β-unsaturated/α-hetero) is 1.